The Bertz CT molecular complexity index is 758. The van der Waals surface area contributed by atoms with Crippen molar-refractivity contribution in [2.24, 2.45) is 0 Å². The second kappa shape index (κ2) is 11.5. The normalized spacial score (nSPS) is 11.8. The number of hydrogen-bond acceptors (Lipinski definition) is 5. The molecule has 1 unspecified atom stereocenters. The molecule has 1 aromatic carbocycles. The fourth-order valence-corrected chi connectivity index (χ4v) is 3.50. The molecule has 0 saturated heterocycles. The van der Waals surface area contributed by atoms with E-state index in [0.29, 0.717) is 11.6 Å². The molecule has 2 aromatic rings. The van der Waals surface area contributed by atoms with Crippen LogP contribution in [0.5, 0.6) is 0 Å². The lowest BCUT2D eigenvalue weighted by Crippen LogP contribution is -2.41. The lowest BCUT2D eigenvalue weighted by atomic mass is 10.1. The molecular weight excluding hydrogens is 372 g/mol. The molecule has 1 aromatic heterocycles. The van der Waals surface area contributed by atoms with E-state index in [4.69, 9.17) is 0 Å². The molecule has 2 rings (SSSR count). The molecule has 0 aliphatic heterocycles. The minimum atomic E-state index is -0.612. The van der Waals surface area contributed by atoms with Crippen molar-refractivity contribution < 1.29 is 9.59 Å². The van der Waals surface area contributed by atoms with Gasteiger partial charge in [0.1, 0.15) is 11.0 Å². The van der Waals surface area contributed by atoms with Crippen molar-refractivity contribution in [2.75, 3.05) is 5.32 Å². The predicted molar refractivity (Wildman–Crippen MR) is 114 cm³/mol. The average molecular weight is 403 g/mol. The van der Waals surface area contributed by atoms with Gasteiger partial charge < -0.3 is 5.32 Å². The number of anilines is 1. The first-order valence-electron chi connectivity index (χ1n) is 10.0. The van der Waals surface area contributed by atoms with Crippen molar-refractivity contribution in [2.45, 2.75) is 71.8 Å². The summed E-state index contributed by atoms with van der Waals surface area (Å²) in [5.74, 6) is -0.376. The maximum absolute atomic E-state index is 12.3. The Morgan fingerprint density at radius 1 is 1.04 bits per heavy atom. The number of benzene rings is 1. The zero-order valence-corrected chi connectivity index (χ0v) is 17.8. The quantitative estimate of drug-likeness (QED) is 0.533. The van der Waals surface area contributed by atoms with E-state index in [1.807, 2.05) is 31.2 Å². The number of unbranched alkanes of at least 4 members (excludes halogenated alkanes) is 5. The molecule has 6 nitrogen and oxygen atoms in total. The van der Waals surface area contributed by atoms with Crippen molar-refractivity contribution in [3.8, 4) is 10.6 Å². The van der Waals surface area contributed by atoms with E-state index in [-0.39, 0.29) is 11.8 Å². The van der Waals surface area contributed by atoms with E-state index in [9.17, 15) is 9.59 Å². The molecule has 28 heavy (non-hydrogen) atoms. The second-order valence-electron chi connectivity index (χ2n) is 7.07. The lowest BCUT2D eigenvalue weighted by Gasteiger charge is -2.12. The largest absolute Gasteiger partial charge is 0.345 e. The van der Waals surface area contributed by atoms with Crippen LogP contribution in [0.1, 0.15) is 64.4 Å². The standard InChI is InChI=1S/C21H30N4O2S/c1-4-5-6-7-8-9-10-18(26)22-16(3)19(27)23-21-25-24-20(28-21)17-13-11-15(2)12-14-17/h11-14,16H,4-10H2,1-3H3,(H,22,26)(H,23,25,27). The monoisotopic (exact) mass is 402 g/mol. The third kappa shape index (κ3) is 7.38. The Labute approximate surface area is 171 Å². The molecule has 0 saturated carbocycles. The average Bonchev–Trinajstić information content (AvgIpc) is 3.13. The number of nitrogens with one attached hydrogen (secondary N) is 2. The minimum absolute atomic E-state index is 0.0873. The van der Waals surface area contributed by atoms with Gasteiger partial charge in [0.25, 0.3) is 0 Å². The summed E-state index contributed by atoms with van der Waals surface area (Å²) in [7, 11) is 0. The van der Waals surface area contributed by atoms with Crippen molar-refractivity contribution in [3.63, 3.8) is 0 Å². The summed E-state index contributed by atoms with van der Waals surface area (Å²) in [4.78, 5) is 24.3. The summed E-state index contributed by atoms with van der Waals surface area (Å²) in [6.45, 7) is 5.89. The number of carbonyl (C=O) groups is 2. The predicted octanol–water partition coefficient (Wildman–Crippen LogP) is 4.71. The Morgan fingerprint density at radius 3 is 2.43 bits per heavy atom. The second-order valence-corrected chi connectivity index (χ2v) is 8.05. The topological polar surface area (TPSA) is 84.0 Å². The zero-order valence-electron chi connectivity index (χ0n) is 17.0. The van der Waals surface area contributed by atoms with Crippen LogP contribution >= 0.6 is 11.3 Å². The summed E-state index contributed by atoms with van der Waals surface area (Å²) < 4.78 is 0. The van der Waals surface area contributed by atoms with E-state index >= 15 is 0 Å². The first-order valence-corrected chi connectivity index (χ1v) is 10.8. The first-order chi connectivity index (χ1) is 13.5. The van der Waals surface area contributed by atoms with Crippen molar-refractivity contribution in [1.82, 2.24) is 15.5 Å². The van der Waals surface area contributed by atoms with Crippen LogP contribution in [0.2, 0.25) is 0 Å². The third-order valence-corrected chi connectivity index (χ3v) is 5.37. The van der Waals surface area contributed by atoms with Crippen molar-refractivity contribution in [3.05, 3.63) is 29.8 Å². The van der Waals surface area contributed by atoms with Crippen LogP contribution in [0.25, 0.3) is 10.6 Å². The molecule has 7 heteroatoms. The highest BCUT2D eigenvalue weighted by atomic mass is 32.1. The van der Waals surface area contributed by atoms with Crippen LogP contribution in [0.3, 0.4) is 0 Å². The Kier molecular flexibility index (Phi) is 9.07. The summed E-state index contributed by atoms with van der Waals surface area (Å²) >= 11 is 1.31. The molecule has 152 valence electrons. The molecule has 1 atom stereocenters. The maximum atomic E-state index is 12.3. The molecule has 0 aliphatic rings. The highest BCUT2D eigenvalue weighted by molar-refractivity contribution is 7.18. The number of amides is 2. The van der Waals surface area contributed by atoms with Gasteiger partial charge in [-0.2, -0.15) is 0 Å². The van der Waals surface area contributed by atoms with Gasteiger partial charge >= 0.3 is 0 Å². The highest BCUT2D eigenvalue weighted by Gasteiger charge is 2.17. The molecule has 0 bridgehead atoms. The zero-order chi connectivity index (χ0) is 20.4. The van der Waals surface area contributed by atoms with Gasteiger partial charge in [-0.3, -0.25) is 14.9 Å². The Balaban J connectivity index is 1.74. The molecule has 2 N–H and O–H groups in total. The van der Waals surface area contributed by atoms with Crippen LogP contribution in [0.15, 0.2) is 24.3 Å². The summed E-state index contributed by atoms with van der Waals surface area (Å²) in [5, 5.41) is 14.8. The molecule has 1 heterocycles. The Hall–Kier alpha value is -2.28. The van der Waals surface area contributed by atoms with Gasteiger partial charge in [-0.15, -0.1) is 10.2 Å². The first kappa shape index (κ1) is 22.0. The van der Waals surface area contributed by atoms with Crippen LogP contribution in [-0.2, 0) is 9.59 Å². The molecule has 0 spiro atoms. The third-order valence-electron chi connectivity index (χ3n) is 4.48. The van der Waals surface area contributed by atoms with E-state index in [1.54, 1.807) is 6.92 Å². The summed E-state index contributed by atoms with van der Waals surface area (Å²) in [6.07, 6.45) is 7.23. The van der Waals surface area contributed by atoms with Gasteiger partial charge in [-0.1, -0.05) is 80.2 Å². The SMILES string of the molecule is CCCCCCCCC(=O)NC(C)C(=O)Nc1nnc(-c2ccc(C)cc2)s1. The van der Waals surface area contributed by atoms with Gasteiger partial charge in [0.2, 0.25) is 16.9 Å². The van der Waals surface area contributed by atoms with Gasteiger partial charge in [-0.05, 0) is 20.3 Å². The van der Waals surface area contributed by atoms with E-state index < -0.39 is 6.04 Å². The van der Waals surface area contributed by atoms with Crippen LogP contribution in [-0.4, -0.2) is 28.1 Å². The van der Waals surface area contributed by atoms with Crippen LogP contribution in [0.4, 0.5) is 5.13 Å². The van der Waals surface area contributed by atoms with E-state index in [1.165, 1.54) is 36.2 Å². The van der Waals surface area contributed by atoms with Crippen LogP contribution in [0, 0.1) is 6.92 Å². The van der Waals surface area contributed by atoms with Gasteiger partial charge in [0.15, 0.2) is 0 Å². The fourth-order valence-electron chi connectivity index (χ4n) is 2.75. The van der Waals surface area contributed by atoms with Crippen molar-refractivity contribution in [1.29, 1.82) is 0 Å². The van der Waals surface area contributed by atoms with Gasteiger partial charge in [-0.25, -0.2) is 0 Å². The molecule has 0 aliphatic carbocycles. The lowest BCUT2D eigenvalue weighted by molar-refractivity contribution is -0.126. The Morgan fingerprint density at radius 2 is 1.71 bits per heavy atom. The van der Waals surface area contributed by atoms with Gasteiger partial charge in [0, 0.05) is 12.0 Å². The maximum Gasteiger partial charge on any atom is 0.248 e. The molecule has 0 fully saturated rings. The summed E-state index contributed by atoms with van der Waals surface area (Å²) in [6, 6.07) is 7.37. The van der Waals surface area contributed by atoms with E-state index in [2.05, 4.69) is 27.8 Å². The van der Waals surface area contributed by atoms with E-state index in [0.717, 1.165) is 29.8 Å². The number of rotatable bonds is 11. The number of aromatic nitrogens is 2. The minimum Gasteiger partial charge on any atom is -0.345 e. The summed E-state index contributed by atoms with van der Waals surface area (Å²) in [5.41, 5.74) is 2.14. The number of aryl methyl sites for hydroxylation is 1. The van der Waals surface area contributed by atoms with Crippen LogP contribution < -0.4 is 10.6 Å². The molecule has 0 radical (unpaired) electrons. The number of nitrogens with zero attached hydrogens (tertiary/aromatic N) is 2. The van der Waals surface area contributed by atoms with Gasteiger partial charge in [0.05, 0.1) is 0 Å². The highest BCUT2D eigenvalue weighted by Crippen LogP contribution is 2.26. The fraction of sp³-hybridized carbons (Fsp3) is 0.524. The molecule has 2 amide bonds. The smallest absolute Gasteiger partial charge is 0.248 e. The molecular formula is C21H30N4O2S. The number of hydrogen-bond donors (Lipinski definition) is 2. The number of carbonyl (C=O) groups excluding carboxylic acids is 2. The van der Waals surface area contributed by atoms with Crippen molar-refractivity contribution >= 4 is 28.3 Å².